The zero-order chi connectivity index (χ0) is 21.3. The second-order valence-electron chi connectivity index (χ2n) is 7.21. The van der Waals surface area contributed by atoms with Crippen molar-refractivity contribution in [1.29, 1.82) is 0 Å². The molecule has 0 aliphatic heterocycles. The summed E-state index contributed by atoms with van der Waals surface area (Å²) in [5, 5.41) is 2.66. The van der Waals surface area contributed by atoms with Gasteiger partial charge in [-0.05, 0) is 62.4 Å². The van der Waals surface area contributed by atoms with Crippen molar-refractivity contribution in [1.82, 2.24) is 4.31 Å². The Kier molecular flexibility index (Phi) is 6.11. The van der Waals surface area contributed by atoms with Gasteiger partial charge in [-0.1, -0.05) is 6.07 Å². The van der Waals surface area contributed by atoms with Crippen molar-refractivity contribution < 1.29 is 22.7 Å². The van der Waals surface area contributed by atoms with Crippen LogP contribution in [0.5, 0.6) is 0 Å². The molecule has 1 N–H and O–H groups in total. The number of hydrogen-bond acceptors (Lipinski definition) is 6. The minimum absolute atomic E-state index is 0.0705. The van der Waals surface area contributed by atoms with Crippen LogP contribution in [0.25, 0.3) is 0 Å². The molecular formula is C20H24N2O5S2. The van der Waals surface area contributed by atoms with Crippen LogP contribution in [-0.2, 0) is 32.4 Å². The van der Waals surface area contributed by atoms with Crippen LogP contribution >= 0.6 is 11.3 Å². The monoisotopic (exact) mass is 436 g/mol. The summed E-state index contributed by atoms with van der Waals surface area (Å²) in [5.74, 6) is -1.04. The Morgan fingerprint density at radius 1 is 1.21 bits per heavy atom. The highest BCUT2D eigenvalue weighted by atomic mass is 32.2. The van der Waals surface area contributed by atoms with Crippen molar-refractivity contribution in [3.8, 4) is 0 Å². The maximum Gasteiger partial charge on any atom is 0.349 e. The third kappa shape index (κ3) is 4.52. The molecule has 0 bridgehead atoms. The van der Waals surface area contributed by atoms with Crippen LogP contribution in [0.15, 0.2) is 29.2 Å². The molecule has 0 spiro atoms. The van der Waals surface area contributed by atoms with E-state index in [-0.39, 0.29) is 4.90 Å². The minimum atomic E-state index is -3.63. The predicted molar refractivity (Wildman–Crippen MR) is 112 cm³/mol. The van der Waals surface area contributed by atoms with Gasteiger partial charge < -0.3 is 10.1 Å². The van der Waals surface area contributed by atoms with E-state index in [9.17, 15) is 18.0 Å². The Labute approximate surface area is 174 Å². The lowest BCUT2D eigenvalue weighted by atomic mass is 10.2. The molecule has 29 heavy (non-hydrogen) atoms. The first-order valence-electron chi connectivity index (χ1n) is 9.26. The van der Waals surface area contributed by atoms with Crippen molar-refractivity contribution >= 4 is 38.9 Å². The molecule has 1 aliphatic carbocycles. The highest BCUT2D eigenvalue weighted by Crippen LogP contribution is 2.31. The molecule has 9 heteroatoms. The number of ether oxygens (including phenoxy) is 1. The van der Waals surface area contributed by atoms with E-state index in [1.807, 2.05) is 6.07 Å². The van der Waals surface area contributed by atoms with E-state index < -0.39 is 28.0 Å². The van der Waals surface area contributed by atoms with Gasteiger partial charge in [-0.2, -0.15) is 0 Å². The summed E-state index contributed by atoms with van der Waals surface area (Å²) in [7, 11) is -0.748. The zero-order valence-corrected chi connectivity index (χ0v) is 18.4. The molecule has 2 aromatic rings. The van der Waals surface area contributed by atoms with Gasteiger partial charge in [-0.25, -0.2) is 17.5 Å². The highest BCUT2D eigenvalue weighted by molar-refractivity contribution is 7.89. The third-order valence-electron chi connectivity index (χ3n) is 4.85. The second-order valence-corrected chi connectivity index (χ2v) is 10.5. The topological polar surface area (TPSA) is 92.8 Å². The second kappa shape index (κ2) is 8.25. The smallest absolute Gasteiger partial charge is 0.349 e. The fraction of sp³-hybridized carbons (Fsp3) is 0.400. The maximum atomic E-state index is 12.5. The van der Waals surface area contributed by atoms with Gasteiger partial charge in [-0.3, -0.25) is 4.79 Å². The first-order valence-corrected chi connectivity index (χ1v) is 11.5. The molecule has 0 saturated carbocycles. The number of anilines is 1. The summed E-state index contributed by atoms with van der Waals surface area (Å²) in [6.45, 7) is 3.25. The van der Waals surface area contributed by atoms with Crippen molar-refractivity contribution in [3.05, 3.63) is 45.1 Å². The lowest BCUT2D eigenvalue weighted by Gasteiger charge is -2.16. The number of nitrogens with one attached hydrogen (secondary N) is 1. The number of amides is 1. The number of benzene rings is 1. The van der Waals surface area contributed by atoms with Crippen LogP contribution in [0.1, 0.15) is 39.0 Å². The van der Waals surface area contributed by atoms with Crippen LogP contribution < -0.4 is 5.32 Å². The van der Waals surface area contributed by atoms with E-state index in [2.05, 4.69) is 5.32 Å². The van der Waals surface area contributed by atoms with E-state index in [1.54, 1.807) is 13.0 Å². The minimum Gasteiger partial charge on any atom is -0.448 e. The summed E-state index contributed by atoms with van der Waals surface area (Å²) in [6, 6.07) is 6.36. The number of carbonyl (C=O) groups is 2. The first kappa shape index (κ1) is 21.5. The van der Waals surface area contributed by atoms with Crippen LogP contribution in [-0.4, -0.2) is 44.8 Å². The number of esters is 1. The fourth-order valence-electron chi connectivity index (χ4n) is 3.04. The van der Waals surface area contributed by atoms with Crippen LogP contribution in [0.2, 0.25) is 0 Å². The Hall–Kier alpha value is -2.23. The molecule has 1 aromatic heterocycles. The number of sulfonamides is 1. The number of rotatable bonds is 6. The SMILES string of the molecule is Cc1ccc(S(=O)(=O)N(C)C)cc1NC(=O)[C@@H](C)OC(=O)c1cc2c(s1)CCC2. The maximum absolute atomic E-state index is 12.5. The molecule has 156 valence electrons. The summed E-state index contributed by atoms with van der Waals surface area (Å²) >= 11 is 1.42. The van der Waals surface area contributed by atoms with E-state index >= 15 is 0 Å². The van der Waals surface area contributed by atoms with Crippen LogP contribution in [0.4, 0.5) is 5.69 Å². The van der Waals surface area contributed by atoms with Crippen molar-refractivity contribution in [2.75, 3.05) is 19.4 Å². The molecule has 1 heterocycles. The number of nitrogens with zero attached hydrogens (tertiary/aromatic N) is 1. The molecule has 1 aliphatic rings. The number of thiophene rings is 1. The van der Waals surface area contributed by atoms with E-state index in [0.717, 1.165) is 23.6 Å². The highest BCUT2D eigenvalue weighted by Gasteiger charge is 2.24. The van der Waals surface area contributed by atoms with Gasteiger partial charge in [-0.15, -0.1) is 11.3 Å². The van der Waals surface area contributed by atoms with Gasteiger partial charge in [0, 0.05) is 24.7 Å². The molecule has 1 atom stereocenters. The van der Waals surface area contributed by atoms with Crippen LogP contribution in [0.3, 0.4) is 0 Å². The number of carbonyl (C=O) groups excluding carboxylic acids is 2. The summed E-state index contributed by atoms with van der Waals surface area (Å²) in [4.78, 5) is 26.7. The molecule has 0 unspecified atom stereocenters. The zero-order valence-electron chi connectivity index (χ0n) is 16.8. The Bertz CT molecular complexity index is 1040. The average Bonchev–Trinajstić information content (AvgIpc) is 3.25. The molecule has 1 amide bonds. The molecule has 0 saturated heterocycles. The van der Waals surface area contributed by atoms with E-state index in [0.29, 0.717) is 16.1 Å². The Balaban J connectivity index is 1.69. The van der Waals surface area contributed by atoms with E-state index in [4.69, 9.17) is 4.74 Å². The summed E-state index contributed by atoms with van der Waals surface area (Å²) in [6.07, 6.45) is 2.04. The quantitative estimate of drug-likeness (QED) is 0.703. The summed E-state index contributed by atoms with van der Waals surface area (Å²) < 4.78 is 31.1. The van der Waals surface area contributed by atoms with Gasteiger partial charge in [0.05, 0.1) is 4.90 Å². The number of hydrogen-bond donors (Lipinski definition) is 1. The Morgan fingerprint density at radius 2 is 1.93 bits per heavy atom. The largest absolute Gasteiger partial charge is 0.448 e. The lowest BCUT2D eigenvalue weighted by Crippen LogP contribution is -2.30. The van der Waals surface area contributed by atoms with Gasteiger partial charge in [0.25, 0.3) is 5.91 Å². The van der Waals surface area contributed by atoms with Crippen molar-refractivity contribution in [2.24, 2.45) is 0 Å². The van der Waals surface area contributed by atoms with Gasteiger partial charge >= 0.3 is 5.97 Å². The molecule has 3 rings (SSSR count). The molecular weight excluding hydrogens is 412 g/mol. The number of fused-ring (bicyclic) bond motifs is 1. The predicted octanol–water partition coefficient (Wildman–Crippen LogP) is 2.98. The average molecular weight is 437 g/mol. The Morgan fingerprint density at radius 3 is 2.59 bits per heavy atom. The number of aryl methyl sites for hydroxylation is 3. The standard InChI is InChI=1S/C20H24N2O5S2/c1-12-8-9-15(29(25,26)22(3)4)11-16(12)21-19(23)13(2)27-20(24)18-10-14-6-5-7-17(14)28-18/h8-11,13H,5-7H2,1-4H3,(H,21,23)/t13-/m1/s1. The van der Waals surface area contributed by atoms with Crippen molar-refractivity contribution in [2.45, 2.75) is 44.1 Å². The van der Waals surface area contributed by atoms with Gasteiger partial charge in [0.1, 0.15) is 4.88 Å². The fourth-order valence-corrected chi connectivity index (χ4v) is 5.11. The van der Waals surface area contributed by atoms with Crippen molar-refractivity contribution in [3.63, 3.8) is 0 Å². The summed E-state index contributed by atoms with van der Waals surface area (Å²) in [5.41, 5.74) is 2.24. The van der Waals surface area contributed by atoms with E-state index in [1.165, 1.54) is 54.9 Å². The van der Waals surface area contributed by atoms with Crippen LogP contribution in [0, 0.1) is 6.92 Å². The molecule has 0 radical (unpaired) electrons. The molecule has 0 fully saturated rings. The lowest BCUT2D eigenvalue weighted by molar-refractivity contribution is -0.123. The van der Waals surface area contributed by atoms with Gasteiger partial charge in [0.2, 0.25) is 10.0 Å². The molecule has 1 aromatic carbocycles. The third-order valence-corrected chi connectivity index (χ3v) is 7.87. The molecule has 7 nitrogen and oxygen atoms in total. The first-order chi connectivity index (χ1) is 13.6. The normalized spacial score (nSPS) is 14.5. The van der Waals surface area contributed by atoms with Gasteiger partial charge in [0.15, 0.2) is 6.10 Å².